The number of pyridine rings is 1. The first-order valence-electron chi connectivity index (χ1n) is 11.6. The van der Waals surface area contributed by atoms with Crippen molar-refractivity contribution in [3.63, 3.8) is 0 Å². The maximum Gasteiger partial charge on any atom is 0.339 e. The molecule has 0 bridgehead atoms. The van der Waals surface area contributed by atoms with Gasteiger partial charge in [0.1, 0.15) is 12.4 Å². The molecule has 5 aromatic rings. The van der Waals surface area contributed by atoms with Crippen LogP contribution in [0.3, 0.4) is 0 Å². The van der Waals surface area contributed by atoms with Crippen molar-refractivity contribution in [1.29, 1.82) is 0 Å². The van der Waals surface area contributed by atoms with Gasteiger partial charge in [-0.3, -0.25) is 10.1 Å². The first-order valence-corrected chi connectivity index (χ1v) is 11.6. The quantitative estimate of drug-likeness (QED) is 0.164. The molecule has 0 atom stereocenters. The largest absolute Gasteiger partial charge is 0.467 e. The minimum Gasteiger partial charge on any atom is -0.467 e. The number of carbonyl (C=O) groups is 1. The highest BCUT2D eigenvalue weighted by atomic mass is 16.7. The third kappa shape index (κ3) is 4.23. The second-order valence-corrected chi connectivity index (χ2v) is 8.64. The Kier molecular flexibility index (Phi) is 5.71. The van der Waals surface area contributed by atoms with Crippen LogP contribution in [0, 0.1) is 10.1 Å². The molecule has 1 aliphatic heterocycles. The maximum atomic E-state index is 13.4. The Labute approximate surface area is 211 Å². The van der Waals surface area contributed by atoms with Crippen molar-refractivity contribution in [2.75, 3.05) is 6.79 Å². The zero-order chi connectivity index (χ0) is 25.4. The van der Waals surface area contributed by atoms with E-state index < -0.39 is 10.9 Å². The monoisotopic (exact) mass is 492 g/mol. The van der Waals surface area contributed by atoms with Gasteiger partial charge in [-0.1, -0.05) is 60.7 Å². The molecule has 8 nitrogen and oxygen atoms in total. The van der Waals surface area contributed by atoms with Gasteiger partial charge in [-0.05, 0) is 22.9 Å². The van der Waals surface area contributed by atoms with Gasteiger partial charge in [0, 0.05) is 34.2 Å². The van der Waals surface area contributed by atoms with Crippen LogP contribution in [0.5, 0.6) is 5.75 Å². The average molecular weight is 492 g/mol. The van der Waals surface area contributed by atoms with Crippen molar-refractivity contribution < 1.29 is 23.9 Å². The zero-order valence-corrected chi connectivity index (χ0v) is 19.5. The van der Waals surface area contributed by atoms with E-state index in [1.54, 1.807) is 6.07 Å². The number of esters is 1. The fourth-order valence-electron chi connectivity index (χ4n) is 4.65. The molecule has 0 fully saturated rings. The number of non-ortho nitro benzene ring substituents is 1. The van der Waals surface area contributed by atoms with E-state index in [0.717, 1.165) is 16.3 Å². The fraction of sp³-hybridized carbons (Fsp3) is 0.103. The van der Waals surface area contributed by atoms with Gasteiger partial charge in [-0.25, -0.2) is 9.78 Å². The third-order valence-corrected chi connectivity index (χ3v) is 6.34. The molecule has 0 radical (unpaired) electrons. The summed E-state index contributed by atoms with van der Waals surface area (Å²) in [6.45, 7) is 0.0135. The molecule has 1 aromatic heterocycles. The number of hydrogen-bond acceptors (Lipinski definition) is 7. The van der Waals surface area contributed by atoms with Crippen molar-refractivity contribution >= 4 is 33.3 Å². The lowest BCUT2D eigenvalue weighted by atomic mass is 9.99. The molecule has 0 aliphatic carbocycles. The number of carbonyl (C=O) groups excluding carboxylic acids is 1. The molecule has 1 aliphatic rings. The summed E-state index contributed by atoms with van der Waals surface area (Å²) in [5.41, 5.74) is 3.40. The number of aromatic nitrogens is 1. The molecule has 8 heteroatoms. The standard InChI is InChI=1S/C29H20N2O6/c32-29(36-16-20-13-21(31(33)34)12-19-15-35-17-37-28(19)20)25-14-27(30-26-11-4-3-9-24(25)26)23-10-5-7-18-6-1-2-8-22(18)23/h1-14H,15-17H2. The summed E-state index contributed by atoms with van der Waals surface area (Å²) in [4.78, 5) is 29.2. The minimum absolute atomic E-state index is 0.0230. The number of ether oxygens (including phenoxy) is 3. The summed E-state index contributed by atoms with van der Waals surface area (Å²) in [6.07, 6.45) is 0. The van der Waals surface area contributed by atoms with Crippen molar-refractivity contribution in [1.82, 2.24) is 4.98 Å². The van der Waals surface area contributed by atoms with Crippen LogP contribution >= 0.6 is 0 Å². The number of nitrogens with zero attached hydrogens (tertiary/aromatic N) is 2. The topological polar surface area (TPSA) is 101 Å². The second kappa shape index (κ2) is 9.33. The number of benzene rings is 4. The van der Waals surface area contributed by atoms with Gasteiger partial charge >= 0.3 is 5.97 Å². The van der Waals surface area contributed by atoms with Crippen LogP contribution < -0.4 is 4.74 Å². The molecule has 0 saturated heterocycles. The van der Waals surface area contributed by atoms with Crippen LogP contribution in [0.25, 0.3) is 32.9 Å². The molecule has 6 rings (SSSR count). The van der Waals surface area contributed by atoms with Crippen LogP contribution in [0.4, 0.5) is 5.69 Å². The van der Waals surface area contributed by atoms with Gasteiger partial charge in [-0.2, -0.15) is 0 Å². The molecule has 0 amide bonds. The highest BCUT2D eigenvalue weighted by Gasteiger charge is 2.23. The Morgan fingerprint density at radius 3 is 2.62 bits per heavy atom. The van der Waals surface area contributed by atoms with Crippen molar-refractivity contribution in [3.8, 4) is 17.0 Å². The molecule has 182 valence electrons. The molecule has 0 saturated carbocycles. The molecule has 0 N–H and O–H groups in total. The van der Waals surface area contributed by atoms with Crippen LogP contribution in [0.2, 0.25) is 0 Å². The lowest BCUT2D eigenvalue weighted by Crippen LogP contribution is -2.15. The van der Waals surface area contributed by atoms with Crippen LogP contribution in [-0.4, -0.2) is 22.7 Å². The van der Waals surface area contributed by atoms with Gasteiger partial charge in [0.2, 0.25) is 0 Å². The summed E-state index contributed by atoms with van der Waals surface area (Å²) in [5.74, 6) is -0.118. The van der Waals surface area contributed by atoms with E-state index in [1.165, 1.54) is 12.1 Å². The maximum absolute atomic E-state index is 13.4. The van der Waals surface area contributed by atoms with Crippen molar-refractivity contribution in [2.24, 2.45) is 0 Å². The third-order valence-electron chi connectivity index (χ3n) is 6.34. The summed E-state index contributed by atoms with van der Waals surface area (Å²) < 4.78 is 16.5. The number of rotatable bonds is 5. The van der Waals surface area contributed by atoms with Crippen LogP contribution in [-0.2, 0) is 22.7 Å². The van der Waals surface area contributed by atoms with Crippen molar-refractivity contribution in [2.45, 2.75) is 13.2 Å². The Hall–Kier alpha value is -4.82. The summed E-state index contributed by atoms with van der Waals surface area (Å²) in [5, 5.41) is 14.2. The number of para-hydroxylation sites is 1. The summed E-state index contributed by atoms with van der Waals surface area (Å²) in [7, 11) is 0. The van der Waals surface area contributed by atoms with Gasteiger partial charge in [0.05, 0.1) is 28.3 Å². The smallest absolute Gasteiger partial charge is 0.339 e. The Balaban J connectivity index is 1.39. The average Bonchev–Trinajstić information content (AvgIpc) is 2.94. The number of hydrogen-bond donors (Lipinski definition) is 0. The van der Waals surface area contributed by atoms with Gasteiger partial charge < -0.3 is 14.2 Å². The Morgan fingerprint density at radius 1 is 0.973 bits per heavy atom. The highest BCUT2D eigenvalue weighted by molar-refractivity contribution is 6.06. The number of nitro groups is 1. The second-order valence-electron chi connectivity index (χ2n) is 8.64. The predicted octanol–water partition coefficient (Wildman–Crippen LogP) is 6.19. The van der Waals surface area contributed by atoms with E-state index in [2.05, 4.69) is 0 Å². The Bertz CT molecular complexity index is 1690. The molecule has 4 aromatic carbocycles. The first-order chi connectivity index (χ1) is 18.1. The molecule has 0 unspecified atom stereocenters. The van der Waals surface area contributed by atoms with E-state index >= 15 is 0 Å². The van der Waals surface area contributed by atoms with E-state index in [9.17, 15) is 14.9 Å². The summed E-state index contributed by atoms with van der Waals surface area (Å²) in [6, 6.07) is 25.8. The van der Waals surface area contributed by atoms with Gasteiger partial charge in [-0.15, -0.1) is 0 Å². The molecular formula is C29H20N2O6. The van der Waals surface area contributed by atoms with E-state index in [0.29, 0.717) is 39.0 Å². The SMILES string of the molecule is O=C(OCc1cc([N+](=O)[O-])cc2c1OCOC2)c1cc(-c2cccc3ccccc23)nc2ccccc12. The van der Waals surface area contributed by atoms with E-state index in [4.69, 9.17) is 19.2 Å². The van der Waals surface area contributed by atoms with Crippen LogP contribution in [0.15, 0.2) is 84.9 Å². The Morgan fingerprint density at radius 2 is 1.76 bits per heavy atom. The van der Waals surface area contributed by atoms with E-state index in [-0.39, 0.29) is 25.7 Å². The van der Waals surface area contributed by atoms with Gasteiger partial charge in [0.25, 0.3) is 5.69 Å². The molecule has 2 heterocycles. The van der Waals surface area contributed by atoms with E-state index in [1.807, 2.05) is 66.7 Å². The van der Waals surface area contributed by atoms with Crippen LogP contribution in [0.1, 0.15) is 21.5 Å². The number of nitro benzene ring substituents is 1. The minimum atomic E-state index is -0.563. The normalized spacial score (nSPS) is 12.6. The molecule has 0 spiro atoms. The summed E-state index contributed by atoms with van der Waals surface area (Å²) >= 11 is 0. The lowest BCUT2D eigenvalue weighted by Gasteiger charge is -2.20. The van der Waals surface area contributed by atoms with Crippen molar-refractivity contribution in [3.05, 3.63) is 112 Å². The molecular weight excluding hydrogens is 472 g/mol. The fourth-order valence-corrected chi connectivity index (χ4v) is 4.65. The number of fused-ring (bicyclic) bond motifs is 3. The first kappa shape index (κ1) is 22.6. The lowest BCUT2D eigenvalue weighted by molar-refractivity contribution is -0.385. The molecule has 37 heavy (non-hydrogen) atoms. The zero-order valence-electron chi connectivity index (χ0n) is 19.5. The highest BCUT2D eigenvalue weighted by Crippen LogP contribution is 2.34. The predicted molar refractivity (Wildman–Crippen MR) is 137 cm³/mol. The van der Waals surface area contributed by atoms with Gasteiger partial charge in [0.15, 0.2) is 6.79 Å².